The molecule has 1 amide bonds. The van der Waals surface area contributed by atoms with Crippen molar-refractivity contribution in [3.63, 3.8) is 0 Å². The molecule has 0 bridgehead atoms. The zero-order valence-corrected chi connectivity index (χ0v) is 14.9. The predicted molar refractivity (Wildman–Crippen MR) is 101 cm³/mol. The number of furan rings is 1. The molecule has 7 nitrogen and oxygen atoms in total. The lowest BCUT2D eigenvalue weighted by molar-refractivity contribution is -0.121. The lowest BCUT2D eigenvalue weighted by Gasteiger charge is -2.29. The topological polar surface area (TPSA) is 79.1 Å². The Labute approximate surface area is 153 Å². The Morgan fingerprint density at radius 2 is 2.04 bits per heavy atom. The van der Waals surface area contributed by atoms with Gasteiger partial charge in [0.05, 0.1) is 12.0 Å². The van der Waals surface area contributed by atoms with Gasteiger partial charge in [0, 0.05) is 33.1 Å². The van der Waals surface area contributed by atoms with Crippen molar-refractivity contribution in [1.29, 1.82) is 0 Å². The first-order valence-corrected chi connectivity index (χ1v) is 8.77. The normalized spacial score (nSPS) is 14.0. The second-order valence-corrected chi connectivity index (χ2v) is 5.91. The number of aliphatic imine (C=N–C) groups is 1. The first-order valence-electron chi connectivity index (χ1n) is 8.77. The van der Waals surface area contributed by atoms with Crippen LogP contribution in [0.4, 0.5) is 5.69 Å². The minimum atomic E-state index is -0.00958. The molecule has 0 spiro atoms. The van der Waals surface area contributed by atoms with Gasteiger partial charge in [0.25, 0.3) is 5.91 Å². The zero-order chi connectivity index (χ0) is 18.2. The summed E-state index contributed by atoms with van der Waals surface area (Å²) < 4.78 is 10.8. The third kappa shape index (κ3) is 4.56. The van der Waals surface area contributed by atoms with Crippen LogP contribution in [0.1, 0.15) is 12.2 Å². The fourth-order valence-electron chi connectivity index (χ4n) is 2.82. The summed E-state index contributed by atoms with van der Waals surface area (Å²) in [5.41, 5.74) is 0.838. The van der Waals surface area contributed by atoms with E-state index in [9.17, 15) is 4.79 Å². The number of anilines is 1. The first-order chi connectivity index (χ1) is 12.8. The van der Waals surface area contributed by atoms with Crippen LogP contribution in [0.3, 0.4) is 0 Å². The van der Waals surface area contributed by atoms with E-state index in [-0.39, 0.29) is 12.5 Å². The van der Waals surface area contributed by atoms with Crippen LogP contribution in [0.2, 0.25) is 0 Å². The monoisotopic (exact) mass is 356 g/mol. The Hall–Kier alpha value is -2.96. The maximum absolute atomic E-state index is 12.1. The molecule has 7 heteroatoms. The third-order valence-corrected chi connectivity index (χ3v) is 4.13. The molecule has 1 aliphatic rings. The lowest BCUT2D eigenvalue weighted by Crippen LogP contribution is -2.42. The first kappa shape index (κ1) is 17.8. The van der Waals surface area contributed by atoms with Crippen LogP contribution < -0.4 is 20.3 Å². The molecule has 2 heterocycles. The van der Waals surface area contributed by atoms with Crippen molar-refractivity contribution < 1.29 is 13.9 Å². The van der Waals surface area contributed by atoms with Crippen molar-refractivity contribution >= 4 is 17.6 Å². The number of ether oxygens (including phenoxy) is 1. The van der Waals surface area contributed by atoms with Gasteiger partial charge in [0.2, 0.25) is 0 Å². The molecule has 1 aromatic carbocycles. The Bertz CT molecular complexity index is 743. The zero-order valence-electron chi connectivity index (χ0n) is 14.9. The molecular weight excluding hydrogens is 332 g/mol. The minimum absolute atomic E-state index is 0.00958. The van der Waals surface area contributed by atoms with Gasteiger partial charge in [-0.05, 0) is 30.7 Å². The second kappa shape index (κ2) is 8.94. The Morgan fingerprint density at radius 3 is 2.85 bits per heavy atom. The SMILES string of the molecule is CN=C(NCCCN1C(=O)COc2ccccc21)NCCc1ccco1. The van der Waals surface area contributed by atoms with Gasteiger partial charge in [-0.25, -0.2) is 0 Å². The van der Waals surface area contributed by atoms with Crippen LogP contribution in [-0.2, 0) is 11.2 Å². The van der Waals surface area contributed by atoms with E-state index >= 15 is 0 Å². The van der Waals surface area contributed by atoms with E-state index in [0.29, 0.717) is 13.1 Å². The van der Waals surface area contributed by atoms with Crippen LogP contribution in [0.25, 0.3) is 0 Å². The summed E-state index contributed by atoms with van der Waals surface area (Å²) in [4.78, 5) is 18.1. The molecule has 0 saturated carbocycles. The van der Waals surface area contributed by atoms with Crippen LogP contribution in [-0.4, -0.2) is 45.2 Å². The van der Waals surface area contributed by atoms with Crippen molar-refractivity contribution in [3.8, 4) is 5.75 Å². The minimum Gasteiger partial charge on any atom is -0.482 e. The molecule has 0 atom stereocenters. The number of nitrogens with one attached hydrogen (secondary N) is 2. The summed E-state index contributed by atoms with van der Waals surface area (Å²) in [5, 5.41) is 6.52. The molecule has 0 unspecified atom stereocenters. The standard InChI is InChI=1S/C19H24N4O3/c1-20-19(22-11-9-15-6-4-13-25-15)21-10-5-12-23-16-7-2-3-8-17(16)26-14-18(23)24/h2-4,6-8,13H,5,9-12,14H2,1H3,(H2,20,21,22). The highest BCUT2D eigenvalue weighted by molar-refractivity contribution is 5.97. The van der Waals surface area contributed by atoms with Gasteiger partial charge >= 0.3 is 0 Å². The lowest BCUT2D eigenvalue weighted by atomic mass is 10.2. The van der Waals surface area contributed by atoms with Crippen LogP contribution >= 0.6 is 0 Å². The molecule has 138 valence electrons. The fraction of sp³-hybridized carbons (Fsp3) is 0.368. The molecule has 0 fully saturated rings. The van der Waals surface area contributed by atoms with Gasteiger partial charge in [-0.2, -0.15) is 0 Å². The van der Waals surface area contributed by atoms with Crippen molar-refractivity contribution in [2.45, 2.75) is 12.8 Å². The summed E-state index contributed by atoms with van der Waals surface area (Å²) in [7, 11) is 1.74. The van der Waals surface area contributed by atoms with Crippen molar-refractivity contribution in [1.82, 2.24) is 10.6 Å². The third-order valence-electron chi connectivity index (χ3n) is 4.13. The molecule has 3 rings (SSSR count). The molecular formula is C19H24N4O3. The number of para-hydroxylation sites is 2. The number of nitrogens with zero attached hydrogens (tertiary/aromatic N) is 2. The number of rotatable bonds is 7. The molecule has 2 N–H and O–H groups in total. The highest BCUT2D eigenvalue weighted by Crippen LogP contribution is 2.31. The van der Waals surface area contributed by atoms with E-state index in [0.717, 1.165) is 42.5 Å². The van der Waals surface area contributed by atoms with E-state index in [2.05, 4.69) is 15.6 Å². The van der Waals surface area contributed by atoms with E-state index in [1.807, 2.05) is 36.4 Å². The summed E-state index contributed by atoms with van der Waals surface area (Å²) in [5.74, 6) is 2.43. The number of amides is 1. The van der Waals surface area contributed by atoms with E-state index < -0.39 is 0 Å². The number of fused-ring (bicyclic) bond motifs is 1. The number of guanidine groups is 1. The van der Waals surface area contributed by atoms with Gasteiger partial charge in [-0.3, -0.25) is 9.79 Å². The van der Waals surface area contributed by atoms with Crippen LogP contribution in [0.15, 0.2) is 52.1 Å². The van der Waals surface area contributed by atoms with Gasteiger partial charge < -0.3 is 24.7 Å². The average molecular weight is 356 g/mol. The average Bonchev–Trinajstić information content (AvgIpc) is 3.18. The summed E-state index contributed by atoms with van der Waals surface area (Å²) in [6.45, 7) is 2.19. The molecule has 0 radical (unpaired) electrons. The maximum atomic E-state index is 12.1. The van der Waals surface area contributed by atoms with E-state index in [1.165, 1.54) is 0 Å². The molecule has 0 aliphatic carbocycles. The molecule has 1 aliphatic heterocycles. The van der Waals surface area contributed by atoms with E-state index in [4.69, 9.17) is 9.15 Å². The summed E-state index contributed by atoms with van der Waals surface area (Å²) in [6.07, 6.45) is 3.28. The quantitative estimate of drug-likeness (QED) is 0.449. The number of benzene rings is 1. The van der Waals surface area contributed by atoms with Crippen LogP contribution in [0.5, 0.6) is 5.75 Å². The highest BCUT2D eigenvalue weighted by Gasteiger charge is 2.24. The molecule has 1 aromatic heterocycles. The van der Waals surface area contributed by atoms with Gasteiger partial charge in [-0.15, -0.1) is 0 Å². The van der Waals surface area contributed by atoms with Gasteiger partial charge in [0.15, 0.2) is 12.6 Å². The fourth-order valence-corrected chi connectivity index (χ4v) is 2.82. The smallest absolute Gasteiger partial charge is 0.265 e. The second-order valence-electron chi connectivity index (χ2n) is 5.91. The summed E-state index contributed by atoms with van der Waals surface area (Å²) in [6, 6.07) is 11.5. The van der Waals surface area contributed by atoms with Gasteiger partial charge in [0.1, 0.15) is 11.5 Å². The summed E-state index contributed by atoms with van der Waals surface area (Å²) >= 11 is 0. The Balaban J connectivity index is 1.41. The van der Waals surface area contributed by atoms with Gasteiger partial charge in [-0.1, -0.05) is 12.1 Å². The van der Waals surface area contributed by atoms with E-state index in [1.54, 1.807) is 18.2 Å². The number of hydrogen-bond donors (Lipinski definition) is 2. The Morgan fingerprint density at radius 1 is 1.19 bits per heavy atom. The molecule has 26 heavy (non-hydrogen) atoms. The van der Waals surface area contributed by atoms with Crippen molar-refractivity contribution in [2.24, 2.45) is 4.99 Å². The van der Waals surface area contributed by atoms with Crippen molar-refractivity contribution in [2.75, 3.05) is 38.2 Å². The Kier molecular flexibility index (Phi) is 6.14. The maximum Gasteiger partial charge on any atom is 0.265 e. The number of carbonyl (C=O) groups excluding carboxylic acids is 1. The highest BCUT2D eigenvalue weighted by atomic mass is 16.5. The predicted octanol–water partition coefficient (Wildman–Crippen LogP) is 1.80. The molecule has 2 aromatic rings. The molecule has 0 saturated heterocycles. The largest absolute Gasteiger partial charge is 0.482 e. The number of carbonyl (C=O) groups is 1. The van der Waals surface area contributed by atoms with Crippen molar-refractivity contribution in [3.05, 3.63) is 48.4 Å². The van der Waals surface area contributed by atoms with Crippen LogP contribution in [0, 0.1) is 0 Å². The number of hydrogen-bond acceptors (Lipinski definition) is 4.